The monoisotopic (exact) mass is 360 g/mol. The first kappa shape index (κ1) is 18.0. The van der Waals surface area contributed by atoms with Crippen molar-refractivity contribution >= 4 is 28.3 Å². The lowest BCUT2D eigenvalue weighted by molar-refractivity contribution is -0.119. The number of amides is 1. The quantitative estimate of drug-likeness (QED) is 0.703. The number of esters is 1. The van der Waals surface area contributed by atoms with E-state index in [9.17, 15) is 9.59 Å². The lowest BCUT2D eigenvalue weighted by atomic mass is 10.1. The van der Waals surface area contributed by atoms with E-state index in [1.807, 2.05) is 30.3 Å². The number of nitriles is 1. The minimum atomic E-state index is -0.665. The molecule has 3 aromatic carbocycles. The Bertz CT molecular complexity index is 1050. The second-order valence-corrected chi connectivity index (χ2v) is 5.68. The van der Waals surface area contributed by atoms with Crippen LogP contribution in [0.3, 0.4) is 0 Å². The molecule has 0 aromatic heterocycles. The van der Waals surface area contributed by atoms with E-state index in [0.717, 1.165) is 10.8 Å². The molecule has 27 heavy (non-hydrogen) atoms. The van der Waals surface area contributed by atoms with Crippen LogP contribution < -0.4 is 10.1 Å². The van der Waals surface area contributed by atoms with Crippen molar-refractivity contribution in [3.05, 3.63) is 71.8 Å². The minimum Gasteiger partial charge on any atom is -0.496 e. The fraction of sp³-hybridized carbons (Fsp3) is 0.0952. The first-order valence-corrected chi connectivity index (χ1v) is 8.15. The van der Waals surface area contributed by atoms with E-state index in [1.165, 1.54) is 7.11 Å². The van der Waals surface area contributed by atoms with Crippen molar-refractivity contribution in [3.8, 4) is 11.8 Å². The van der Waals surface area contributed by atoms with Crippen LogP contribution in [0, 0.1) is 11.3 Å². The van der Waals surface area contributed by atoms with Gasteiger partial charge < -0.3 is 14.8 Å². The summed E-state index contributed by atoms with van der Waals surface area (Å²) in [4.78, 5) is 24.5. The molecular weight excluding hydrogens is 344 g/mol. The second kappa shape index (κ2) is 8.02. The Balaban J connectivity index is 1.71. The summed E-state index contributed by atoms with van der Waals surface area (Å²) in [5.74, 6) is -0.832. The van der Waals surface area contributed by atoms with Gasteiger partial charge in [-0.2, -0.15) is 5.26 Å². The molecule has 6 heteroatoms. The predicted molar refractivity (Wildman–Crippen MR) is 101 cm³/mol. The van der Waals surface area contributed by atoms with Gasteiger partial charge in [-0.15, -0.1) is 0 Å². The number of anilines is 1. The van der Waals surface area contributed by atoms with Gasteiger partial charge in [0.1, 0.15) is 17.4 Å². The fourth-order valence-corrected chi connectivity index (χ4v) is 2.63. The molecule has 1 amide bonds. The first-order valence-electron chi connectivity index (χ1n) is 8.15. The Hall–Kier alpha value is -3.85. The Morgan fingerprint density at radius 3 is 2.41 bits per heavy atom. The summed E-state index contributed by atoms with van der Waals surface area (Å²) in [6.45, 7) is -0.478. The minimum absolute atomic E-state index is 0.237. The van der Waals surface area contributed by atoms with Crippen LogP contribution in [-0.4, -0.2) is 25.6 Å². The molecule has 0 radical (unpaired) electrons. The van der Waals surface area contributed by atoms with Gasteiger partial charge in [-0.3, -0.25) is 4.79 Å². The summed E-state index contributed by atoms with van der Waals surface area (Å²) in [6.07, 6.45) is 0. The van der Waals surface area contributed by atoms with Crippen molar-refractivity contribution in [2.45, 2.75) is 0 Å². The lowest BCUT2D eigenvalue weighted by Gasteiger charge is -2.11. The number of methoxy groups -OCH3 is 1. The number of benzene rings is 3. The van der Waals surface area contributed by atoms with Crippen molar-refractivity contribution in [1.29, 1.82) is 5.26 Å². The largest absolute Gasteiger partial charge is 0.496 e. The van der Waals surface area contributed by atoms with E-state index in [1.54, 1.807) is 36.4 Å². The lowest BCUT2D eigenvalue weighted by Crippen LogP contribution is -2.21. The van der Waals surface area contributed by atoms with Gasteiger partial charge in [0.05, 0.1) is 18.4 Å². The molecule has 0 saturated heterocycles. The van der Waals surface area contributed by atoms with Crippen LogP contribution in [0.4, 0.5) is 5.69 Å². The van der Waals surface area contributed by atoms with Crippen LogP contribution in [0.1, 0.15) is 15.9 Å². The zero-order chi connectivity index (χ0) is 19.2. The van der Waals surface area contributed by atoms with Crippen LogP contribution in [0.2, 0.25) is 0 Å². The zero-order valence-electron chi connectivity index (χ0n) is 14.6. The van der Waals surface area contributed by atoms with E-state index in [2.05, 4.69) is 5.32 Å². The third-order valence-electron chi connectivity index (χ3n) is 3.94. The molecule has 0 heterocycles. The standard InChI is InChI=1S/C21H16N2O4/c1-26-19-11-15-7-3-2-6-14(15)10-17(19)21(25)27-13-20(24)23-18-9-5-4-8-16(18)12-22/h2-11H,13H2,1H3,(H,23,24). The second-order valence-electron chi connectivity index (χ2n) is 5.68. The number of nitrogens with zero attached hydrogens (tertiary/aromatic N) is 1. The number of ether oxygens (including phenoxy) is 2. The number of nitrogens with one attached hydrogen (secondary N) is 1. The van der Waals surface area contributed by atoms with Crippen LogP contribution >= 0.6 is 0 Å². The summed E-state index contributed by atoms with van der Waals surface area (Å²) in [7, 11) is 1.46. The SMILES string of the molecule is COc1cc2ccccc2cc1C(=O)OCC(=O)Nc1ccccc1C#N. The molecule has 3 rings (SSSR count). The van der Waals surface area contributed by atoms with E-state index < -0.39 is 18.5 Å². The van der Waals surface area contributed by atoms with Crippen LogP contribution in [0.25, 0.3) is 10.8 Å². The van der Waals surface area contributed by atoms with Gasteiger partial charge in [0.15, 0.2) is 6.61 Å². The molecule has 0 aliphatic rings. The molecule has 6 nitrogen and oxygen atoms in total. The number of carbonyl (C=O) groups excluding carboxylic acids is 2. The highest BCUT2D eigenvalue weighted by Crippen LogP contribution is 2.26. The summed E-state index contributed by atoms with van der Waals surface area (Å²) in [5.41, 5.74) is 0.930. The van der Waals surface area contributed by atoms with Crippen LogP contribution in [0.15, 0.2) is 60.7 Å². The maximum Gasteiger partial charge on any atom is 0.342 e. The maximum absolute atomic E-state index is 12.4. The van der Waals surface area contributed by atoms with E-state index in [0.29, 0.717) is 17.0 Å². The molecule has 0 unspecified atom stereocenters. The normalized spacial score (nSPS) is 10.1. The van der Waals surface area contributed by atoms with Crippen molar-refractivity contribution < 1.29 is 19.1 Å². The van der Waals surface area contributed by atoms with Crippen molar-refractivity contribution in [2.75, 3.05) is 19.0 Å². The molecule has 0 aliphatic carbocycles. The van der Waals surface area contributed by atoms with Crippen molar-refractivity contribution in [3.63, 3.8) is 0 Å². The highest BCUT2D eigenvalue weighted by Gasteiger charge is 2.17. The highest BCUT2D eigenvalue weighted by atomic mass is 16.5. The van der Waals surface area contributed by atoms with Gasteiger partial charge in [-0.25, -0.2) is 4.79 Å². The molecule has 134 valence electrons. The molecule has 0 atom stereocenters. The molecular formula is C21H16N2O4. The van der Waals surface area contributed by atoms with Gasteiger partial charge in [-0.05, 0) is 35.0 Å². The van der Waals surface area contributed by atoms with Gasteiger partial charge in [0.25, 0.3) is 5.91 Å². The smallest absolute Gasteiger partial charge is 0.342 e. The number of carbonyl (C=O) groups is 2. The molecule has 0 spiro atoms. The average Bonchev–Trinajstić information content (AvgIpc) is 2.71. The predicted octanol–water partition coefficient (Wildman–Crippen LogP) is 3.52. The van der Waals surface area contributed by atoms with E-state index in [4.69, 9.17) is 14.7 Å². The van der Waals surface area contributed by atoms with Gasteiger partial charge in [0.2, 0.25) is 0 Å². The molecule has 0 fully saturated rings. The number of para-hydroxylation sites is 1. The Labute approximate surface area is 155 Å². The van der Waals surface area contributed by atoms with E-state index >= 15 is 0 Å². The van der Waals surface area contributed by atoms with Crippen LogP contribution in [0.5, 0.6) is 5.75 Å². The van der Waals surface area contributed by atoms with Crippen LogP contribution in [-0.2, 0) is 9.53 Å². The van der Waals surface area contributed by atoms with Gasteiger partial charge in [0, 0.05) is 0 Å². The number of rotatable bonds is 5. The first-order chi connectivity index (χ1) is 13.1. The summed E-state index contributed by atoms with van der Waals surface area (Å²) < 4.78 is 10.4. The molecule has 0 bridgehead atoms. The highest BCUT2D eigenvalue weighted by molar-refractivity contribution is 6.00. The molecule has 0 saturated carbocycles. The summed E-state index contributed by atoms with van der Waals surface area (Å²) in [6, 6.07) is 19.5. The topological polar surface area (TPSA) is 88.4 Å². The molecule has 3 aromatic rings. The summed E-state index contributed by atoms with van der Waals surface area (Å²) >= 11 is 0. The maximum atomic E-state index is 12.4. The summed E-state index contributed by atoms with van der Waals surface area (Å²) in [5, 5.41) is 13.4. The number of fused-ring (bicyclic) bond motifs is 1. The average molecular weight is 360 g/mol. The number of hydrogen-bond acceptors (Lipinski definition) is 5. The Kier molecular flexibility index (Phi) is 5.33. The van der Waals surface area contributed by atoms with Crippen molar-refractivity contribution in [2.24, 2.45) is 0 Å². The van der Waals surface area contributed by atoms with E-state index in [-0.39, 0.29) is 5.56 Å². The third kappa shape index (κ3) is 4.05. The van der Waals surface area contributed by atoms with Gasteiger partial charge >= 0.3 is 5.97 Å². The molecule has 1 N–H and O–H groups in total. The molecule has 0 aliphatic heterocycles. The van der Waals surface area contributed by atoms with Crippen molar-refractivity contribution in [1.82, 2.24) is 0 Å². The zero-order valence-corrected chi connectivity index (χ0v) is 14.6. The number of hydrogen-bond donors (Lipinski definition) is 1. The fourth-order valence-electron chi connectivity index (χ4n) is 2.63. The Morgan fingerprint density at radius 2 is 1.70 bits per heavy atom. The third-order valence-corrected chi connectivity index (χ3v) is 3.94. The van der Waals surface area contributed by atoms with Gasteiger partial charge in [-0.1, -0.05) is 36.4 Å². The Morgan fingerprint density at radius 1 is 1.04 bits per heavy atom.